The topological polar surface area (TPSA) is 39.2 Å². The molecule has 0 amide bonds. The highest BCUT2D eigenvalue weighted by Gasteiger charge is 2.31. The maximum atomic E-state index is 12.4. The maximum absolute atomic E-state index is 12.4. The molecular weight excluding hydrogens is 295 g/mol. The summed E-state index contributed by atoms with van der Waals surface area (Å²) < 4.78 is 42.6. The molecule has 3 nitrogen and oxygen atoms in total. The van der Waals surface area contributed by atoms with Crippen LogP contribution in [-0.4, -0.2) is 11.3 Å². The van der Waals surface area contributed by atoms with Crippen LogP contribution >= 0.6 is 11.6 Å². The van der Waals surface area contributed by atoms with Gasteiger partial charge in [-0.1, -0.05) is 23.7 Å². The first-order valence-corrected chi connectivity index (χ1v) is 5.74. The smallest absolute Gasteiger partial charge is 0.417 e. The van der Waals surface area contributed by atoms with E-state index in [0.29, 0.717) is 18.0 Å². The van der Waals surface area contributed by atoms with Crippen LogP contribution in [0.15, 0.2) is 36.5 Å². The first-order chi connectivity index (χ1) is 9.40. The summed E-state index contributed by atoms with van der Waals surface area (Å²) in [4.78, 5) is 14.1. The number of hydrogen-bond acceptors (Lipinski definition) is 3. The molecule has 1 aromatic heterocycles. The van der Waals surface area contributed by atoms with Crippen LogP contribution in [-0.2, 0) is 6.18 Å². The van der Waals surface area contributed by atoms with Gasteiger partial charge >= 0.3 is 6.18 Å². The van der Waals surface area contributed by atoms with Gasteiger partial charge in [0.25, 0.3) is 0 Å². The van der Waals surface area contributed by atoms with E-state index in [1.165, 1.54) is 12.1 Å². The van der Waals surface area contributed by atoms with E-state index in [1.54, 1.807) is 12.1 Å². The highest BCUT2D eigenvalue weighted by atomic mass is 35.5. The number of benzene rings is 1. The number of aldehydes is 1. The van der Waals surface area contributed by atoms with E-state index in [4.69, 9.17) is 16.3 Å². The predicted octanol–water partition coefficient (Wildman–Crippen LogP) is 4.36. The van der Waals surface area contributed by atoms with Gasteiger partial charge in [0.15, 0.2) is 0 Å². The molecule has 0 radical (unpaired) electrons. The van der Waals surface area contributed by atoms with E-state index in [2.05, 4.69) is 4.98 Å². The maximum Gasteiger partial charge on any atom is 0.417 e. The van der Waals surface area contributed by atoms with Crippen molar-refractivity contribution < 1.29 is 22.7 Å². The Hall–Kier alpha value is -2.08. The van der Waals surface area contributed by atoms with Crippen molar-refractivity contribution >= 4 is 17.9 Å². The molecule has 0 fully saturated rings. The van der Waals surface area contributed by atoms with Crippen molar-refractivity contribution in [2.75, 3.05) is 0 Å². The fourth-order valence-electron chi connectivity index (χ4n) is 1.42. The van der Waals surface area contributed by atoms with Gasteiger partial charge in [-0.05, 0) is 18.2 Å². The van der Waals surface area contributed by atoms with Crippen LogP contribution in [0.5, 0.6) is 11.6 Å². The zero-order valence-corrected chi connectivity index (χ0v) is 10.6. The molecule has 7 heteroatoms. The van der Waals surface area contributed by atoms with Gasteiger partial charge in [0.2, 0.25) is 5.88 Å². The number of nitrogens with zero attached hydrogens (tertiary/aromatic N) is 1. The van der Waals surface area contributed by atoms with Crippen molar-refractivity contribution in [3.63, 3.8) is 0 Å². The van der Waals surface area contributed by atoms with E-state index >= 15 is 0 Å². The molecule has 0 aliphatic carbocycles. The molecule has 1 aromatic carbocycles. The van der Waals surface area contributed by atoms with Gasteiger partial charge in [0, 0.05) is 11.8 Å². The molecule has 0 spiro atoms. The molecule has 104 valence electrons. The number of aromatic nitrogens is 1. The Kier molecular flexibility index (Phi) is 3.94. The number of carbonyl (C=O) groups excluding carboxylic acids is 1. The lowest BCUT2D eigenvalue weighted by molar-refractivity contribution is -0.137. The summed E-state index contributed by atoms with van der Waals surface area (Å²) in [5, 5.41) is -0.267. The normalized spacial score (nSPS) is 11.2. The second kappa shape index (κ2) is 5.50. The van der Waals surface area contributed by atoms with Gasteiger partial charge in [-0.3, -0.25) is 4.79 Å². The summed E-state index contributed by atoms with van der Waals surface area (Å²) in [5.74, 6) is 0.0893. The number of carbonyl (C=O) groups is 1. The number of alkyl halides is 3. The van der Waals surface area contributed by atoms with Crippen molar-refractivity contribution in [3.05, 3.63) is 52.7 Å². The molecule has 0 aliphatic rings. The number of ether oxygens (including phenoxy) is 1. The van der Waals surface area contributed by atoms with Crippen LogP contribution in [0.1, 0.15) is 15.9 Å². The second-order valence-corrected chi connectivity index (χ2v) is 4.21. The Morgan fingerprint density at radius 1 is 1.25 bits per heavy atom. The molecule has 0 N–H and O–H groups in total. The summed E-state index contributed by atoms with van der Waals surface area (Å²) in [6, 6.07) is 6.80. The van der Waals surface area contributed by atoms with Crippen LogP contribution in [0.2, 0.25) is 5.02 Å². The third kappa shape index (κ3) is 3.27. The fourth-order valence-corrected chi connectivity index (χ4v) is 1.62. The van der Waals surface area contributed by atoms with Gasteiger partial charge in [-0.2, -0.15) is 13.2 Å². The van der Waals surface area contributed by atoms with Crippen molar-refractivity contribution in [2.45, 2.75) is 6.18 Å². The summed E-state index contributed by atoms with van der Waals surface area (Å²) in [5.41, 5.74) is -0.595. The van der Waals surface area contributed by atoms with E-state index in [-0.39, 0.29) is 16.7 Å². The van der Waals surface area contributed by atoms with E-state index in [9.17, 15) is 18.0 Å². The Morgan fingerprint density at radius 2 is 2.00 bits per heavy atom. The second-order valence-electron chi connectivity index (χ2n) is 3.80. The Bertz CT molecular complexity index is 644. The molecule has 1 heterocycles. The number of rotatable bonds is 3. The predicted molar refractivity (Wildman–Crippen MR) is 66.2 cm³/mol. The zero-order valence-electron chi connectivity index (χ0n) is 9.82. The Morgan fingerprint density at radius 3 is 2.60 bits per heavy atom. The van der Waals surface area contributed by atoms with Crippen LogP contribution in [0.3, 0.4) is 0 Å². The summed E-state index contributed by atoms with van der Waals surface area (Å²) >= 11 is 5.70. The van der Waals surface area contributed by atoms with E-state index in [0.717, 1.165) is 6.07 Å². The standard InChI is InChI=1S/C13H7ClF3NO2/c14-11-5-9(13(15,16)17)6-18-12(11)20-10-3-1-2-8(4-10)7-19/h1-7H. The minimum atomic E-state index is -4.52. The average molecular weight is 302 g/mol. The first-order valence-electron chi connectivity index (χ1n) is 5.36. The fraction of sp³-hybridized carbons (Fsp3) is 0.0769. The van der Waals surface area contributed by atoms with Gasteiger partial charge in [-0.15, -0.1) is 0 Å². The van der Waals surface area contributed by atoms with Gasteiger partial charge in [0.05, 0.1) is 5.56 Å². The molecule has 0 aliphatic heterocycles. The van der Waals surface area contributed by atoms with Crippen LogP contribution in [0, 0.1) is 0 Å². The van der Waals surface area contributed by atoms with Crippen molar-refractivity contribution in [2.24, 2.45) is 0 Å². The third-order valence-corrected chi connectivity index (χ3v) is 2.61. The lowest BCUT2D eigenvalue weighted by Gasteiger charge is -2.10. The molecular formula is C13H7ClF3NO2. The minimum absolute atomic E-state index is 0.164. The van der Waals surface area contributed by atoms with Crippen LogP contribution < -0.4 is 4.74 Å². The highest BCUT2D eigenvalue weighted by molar-refractivity contribution is 6.31. The first kappa shape index (κ1) is 14.3. The molecule has 20 heavy (non-hydrogen) atoms. The highest BCUT2D eigenvalue weighted by Crippen LogP contribution is 2.34. The Labute approximate surface area is 117 Å². The van der Waals surface area contributed by atoms with Crippen molar-refractivity contribution in [1.29, 1.82) is 0 Å². The van der Waals surface area contributed by atoms with E-state index < -0.39 is 11.7 Å². The average Bonchev–Trinajstić information content (AvgIpc) is 2.40. The SMILES string of the molecule is O=Cc1cccc(Oc2ncc(C(F)(F)F)cc2Cl)c1. The van der Waals surface area contributed by atoms with Gasteiger partial charge in [0.1, 0.15) is 17.1 Å². The zero-order chi connectivity index (χ0) is 14.8. The molecule has 0 saturated heterocycles. The lowest BCUT2D eigenvalue weighted by Crippen LogP contribution is -2.05. The largest absolute Gasteiger partial charge is 0.438 e. The molecule has 0 bridgehead atoms. The molecule has 2 aromatic rings. The van der Waals surface area contributed by atoms with Gasteiger partial charge in [-0.25, -0.2) is 4.98 Å². The van der Waals surface area contributed by atoms with Crippen LogP contribution in [0.25, 0.3) is 0 Å². The summed E-state index contributed by atoms with van der Waals surface area (Å²) in [6.45, 7) is 0. The molecule has 0 saturated carbocycles. The quantitative estimate of drug-likeness (QED) is 0.791. The van der Waals surface area contributed by atoms with Crippen molar-refractivity contribution in [1.82, 2.24) is 4.98 Å². The van der Waals surface area contributed by atoms with Crippen LogP contribution in [0.4, 0.5) is 13.2 Å². The minimum Gasteiger partial charge on any atom is -0.438 e. The lowest BCUT2D eigenvalue weighted by atomic mass is 10.2. The number of halogens is 4. The summed E-state index contributed by atoms with van der Waals surface area (Å²) in [7, 11) is 0. The molecule has 0 unspecified atom stereocenters. The van der Waals surface area contributed by atoms with E-state index in [1.807, 2.05) is 0 Å². The third-order valence-electron chi connectivity index (χ3n) is 2.34. The Balaban J connectivity index is 2.28. The monoisotopic (exact) mass is 301 g/mol. The molecule has 0 atom stereocenters. The van der Waals surface area contributed by atoms with Gasteiger partial charge < -0.3 is 4.74 Å². The summed E-state index contributed by atoms with van der Waals surface area (Å²) in [6.07, 6.45) is -3.27. The van der Waals surface area contributed by atoms with Crippen molar-refractivity contribution in [3.8, 4) is 11.6 Å². The number of hydrogen-bond donors (Lipinski definition) is 0. The number of pyridine rings is 1. The molecule has 2 rings (SSSR count).